The van der Waals surface area contributed by atoms with Crippen LogP contribution in [0, 0.1) is 28.4 Å². The van der Waals surface area contributed by atoms with Gasteiger partial charge in [-0.05, 0) is 18.6 Å². The van der Waals surface area contributed by atoms with Crippen molar-refractivity contribution in [2.45, 2.75) is 6.92 Å². The Kier molecular flexibility index (Phi) is 4.42. The Morgan fingerprint density at radius 1 is 1.40 bits per heavy atom. The highest BCUT2D eigenvalue weighted by Crippen LogP contribution is 2.32. The molecule has 0 spiro atoms. The average molecular weight is 295 g/mol. The van der Waals surface area contributed by atoms with Crippen LogP contribution in [0.25, 0.3) is 0 Å². The zero-order valence-electron chi connectivity index (χ0n) is 11.2. The molecule has 0 N–H and O–H groups in total. The van der Waals surface area contributed by atoms with Gasteiger partial charge in [0, 0.05) is 37.9 Å². The van der Waals surface area contributed by atoms with E-state index in [2.05, 4.69) is 15.9 Å². The summed E-state index contributed by atoms with van der Waals surface area (Å²) in [5.41, 5.74) is 1.71. The summed E-state index contributed by atoms with van der Waals surface area (Å²) in [6.07, 6.45) is 0. The normalized spacial score (nSPS) is 15.9. The molecule has 0 radical (unpaired) electrons. The maximum atomic E-state index is 10.8. The first-order valence-corrected chi connectivity index (χ1v) is 6.69. The lowest BCUT2D eigenvalue weighted by atomic mass is 10.1. The summed E-state index contributed by atoms with van der Waals surface area (Å²) in [5.74, 6) is 0. The molecule has 0 unspecified atom stereocenters. The third kappa shape index (κ3) is 3.00. The van der Waals surface area contributed by atoms with Crippen molar-refractivity contribution in [3.8, 4) is 6.07 Å². The van der Waals surface area contributed by atoms with Gasteiger partial charge in [-0.3, -0.25) is 15.0 Å². The van der Waals surface area contributed by atoms with Gasteiger partial charge in [0.1, 0.15) is 5.02 Å². The summed E-state index contributed by atoms with van der Waals surface area (Å²) in [7, 11) is 0. The molecule has 0 aromatic heterocycles. The van der Waals surface area contributed by atoms with Crippen LogP contribution in [-0.4, -0.2) is 42.5 Å². The molecule has 0 amide bonds. The average Bonchev–Trinajstić information content (AvgIpc) is 2.42. The van der Waals surface area contributed by atoms with Crippen molar-refractivity contribution in [2.24, 2.45) is 0 Å². The molecule has 1 aromatic rings. The van der Waals surface area contributed by atoms with Gasteiger partial charge in [0.2, 0.25) is 0 Å². The fourth-order valence-corrected chi connectivity index (χ4v) is 2.61. The molecule has 106 valence electrons. The van der Waals surface area contributed by atoms with Crippen molar-refractivity contribution >= 4 is 23.0 Å². The minimum atomic E-state index is -0.468. The van der Waals surface area contributed by atoms with Crippen LogP contribution in [0.3, 0.4) is 0 Å². The summed E-state index contributed by atoms with van der Waals surface area (Å²) >= 11 is 5.97. The van der Waals surface area contributed by atoms with Gasteiger partial charge in [0.05, 0.1) is 17.5 Å². The van der Waals surface area contributed by atoms with Gasteiger partial charge >= 0.3 is 0 Å². The third-order valence-electron chi connectivity index (χ3n) is 3.47. The first-order valence-electron chi connectivity index (χ1n) is 6.31. The largest absolute Gasteiger partial charge is 0.369 e. The number of nitro groups is 1. The molecule has 20 heavy (non-hydrogen) atoms. The first kappa shape index (κ1) is 14.6. The van der Waals surface area contributed by atoms with Gasteiger partial charge < -0.3 is 4.90 Å². The Morgan fingerprint density at radius 3 is 2.60 bits per heavy atom. The van der Waals surface area contributed by atoms with Crippen molar-refractivity contribution in [3.05, 3.63) is 32.8 Å². The van der Waals surface area contributed by atoms with Crippen LogP contribution in [0.5, 0.6) is 0 Å². The highest BCUT2D eigenvalue weighted by molar-refractivity contribution is 6.33. The summed E-state index contributed by atoms with van der Waals surface area (Å²) in [5, 5.41) is 19.7. The molecule has 1 aromatic carbocycles. The molecule has 1 aliphatic heterocycles. The molecular formula is C13H15ClN4O2. The Morgan fingerprint density at radius 2 is 2.05 bits per heavy atom. The van der Waals surface area contributed by atoms with Crippen molar-refractivity contribution in [1.29, 1.82) is 5.26 Å². The lowest BCUT2D eigenvalue weighted by molar-refractivity contribution is -0.384. The van der Waals surface area contributed by atoms with Crippen molar-refractivity contribution in [3.63, 3.8) is 0 Å². The van der Waals surface area contributed by atoms with E-state index < -0.39 is 4.92 Å². The summed E-state index contributed by atoms with van der Waals surface area (Å²) in [6, 6.07) is 5.32. The van der Waals surface area contributed by atoms with Crippen LogP contribution in [0.2, 0.25) is 5.02 Å². The maximum Gasteiger partial charge on any atom is 0.288 e. The molecule has 2 rings (SSSR count). The number of anilines is 1. The number of nitro benzene ring substituents is 1. The second kappa shape index (κ2) is 6.07. The van der Waals surface area contributed by atoms with Gasteiger partial charge in [-0.15, -0.1) is 0 Å². The van der Waals surface area contributed by atoms with Gasteiger partial charge in [-0.2, -0.15) is 5.26 Å². The standard InChI is InChI=1S/C13H15ClN4O2/c1-10-8-13(18(19)20)11(14)9-12(10)17-6-4-16(3-2-15)5-7-17/h8-9H,3-7H2,1H3. The van der Waals surface area contributed by atoms with E-state index in [0.29, 0.717) is 6.54 Å². The molecule has 1 aliphatic rings. The van der Waals surface area contributed by atoms with Crippen molar-refractivity contribution in [1.82, 2.24) is 4.90 Å². The van der Waals surface area contributed by atoms with Gasteiger partial charge in [-0.1, -0.05) is 11.6 Å². The van der Waals surface area contributed by atoms with Crippen LogP contribution < -0.4 is 4.90 Å². The summed E-state index contributed by atoms with van der Waals surface area (Å²) in [4.78, 5) is 14.6. The van der Waals surface area contributed by atoms with E-state index in [1.165, 1.54) is 6.07 Å². The predicted octanol–water partition coefficient (Wildman–Crippen LogP) is 2.20. The van der Waals surface area contributed by atoms with E-state index in [4.69, 9.17) is 16.9 Å². The number of piperazine rings is 1. The smallest absolute Gasteiger partial charge is 0.288 e. The lowest BCUT2D eigenvalue weighted by Gasteiger charge is -2.35. The summed E-state index contributed by atoms with van der Waals surface area (Å²) in [6.45, 7) is 5.48. The van der Waals surface area contributed by atoms with E-state index in [9.17, 15) is 10.1 Å². The third-order valence-corrected chi connectivity index (χ3v) is 3.77. The number of nitrogens with zero attached hydrogens (tertiary/aromatic N) is 4. The second-order valence-electron chi connectivity index (χ2n) is 4.77. The van der Waals surface area contributed by atoms with Crippen LogP contribution in [0.4, 0.5) is 11.4 Å². The quantitative estimate of drug-likeness (QED) is 0.485. The highest BCUT2D eigenvalue weighted by atomic mass is 35.5. The number of nitriles is 1. The molecule has 1 heterocycles. The van der Waals surface area contributed by atoms with E-state index in [0.717, 1.165) is 37.4 Å². The number of rotatable bonds is 3. The van der Waals surface area contributed by atoms with E-state index in [1.807, 2.05) is 6.92 Å². The van der Waals surface area contributed by atoms with E-state index in [-0.39, 0.29) is 10.7 Å². The SMILES string of the molecule is Cc1cc([N+](=O)[O-])c(Cl)cc1N1CCN(CC#N)CC1. The van der Waals surface area contributed by atoms with Crippen LogP contribution >= 0.6 is 11.6 Å². The molecule has 0 saturated carbocycles. The van der Waals surface area contributed by atoms with Gasteiger partial charge in [0.25, 0.3) is 5.69 Å². The molecule has 0 atom stereocenters. The number of benzene rings is 1. The zero-order chi connectivity index (χ0) is 14.7. The second-order valence-corrected chi connectivity index (χ2v) is 5.18. The number of hydrogen-bond donors (Lipinski definition) is 0. The number of hydrogen-bond acceptors (Lipinski definition) is 5. The molecule has 6 nitrogen and oxygen atoms in total. The summed E-state index contributed by atoms with van der Waals surface area (Å²) < 4.78 is 0. The van der Waals surface area contributed by atoms with Gasteiger partial charge in [-0.25, -0.2) is 0 Å². The predicted molar refractivity (Wildman–Crippen MR) is 77.1 cm³/mol. The number of halogens is 1. The Hall–Kier alpha value is -1.84. The monoisotopic (exact) mass is 294 g/mol. The minimum Gasteiger partial charge on any atom is -0.369 e. The molecule has 7 heteroatoms. The molecular weight excluding hydrogens is 280 g/mol. The topological polar surface area (TPSA) is 73.4 Å². The minimum absolute atomic E-state index is 0.0592. The van der Waals surface area contributed by atoms with Crippen molar-refractivity contribution < 1.29 is 4.92 Å². The lowest BCUT2D eigenvalue weighted by Crippen LogP contribution is -2.46. The maximum absolute atomic E-state index is 10.8. The fourth-order valence-electron chi connectivity index (χ4n) is 2.38. The van der Waals surface area contributed by atoms with Crippen molar-refractivity contribution in [2.75, 3.05) is 37.6 Å². The Labute approximate surface area is 122 Å². The van der Waals surface area contributed by atoms with Crippen LogP contribution in [0.1, 0.15) is 5.56 Å². The first-order chi connectivity index (χ1) is 9.52. The fraction of sp³-hybridized carbons (Fsp3) is 0.462. The number of aryl methyl sites for hydroxylation is 1. The van der Waals surface area contributed by atoms with Crippen LogP contribution in [-0.2, 0) is 0 Å². The van der Waals surface area contributed by atoms with E-state index >= 15 is 0 Å². The molecule has 0 bridgehead atoms. The molecule has 1 saturated heterocycles. The Bertz CT molecular complexity index is 562. The Balaban J connectivity index is 2.17. The molecule has 0 aliphatic carbocycles. The molecule has 1 fully saturated rings. The van der Waals surface area contributed by atoms with Crippen LogP contribution in [0.15, 0.2) is 12.1 Å². The highest BCUT2D eigenvalue weighted by Gasteiger charge is 2.21. The van der Waals surface area contributed by atoms with Gasteiger partial charge in [0.15, 0.2) is 0 Å². The van der Waals surface area contributed by atoms with E-state index in [1.54, 1.807) is 6.07 Å². The zero-order valence-corrected chi connectivity index (χ0v) is 11.9.